The van der Waals surface area contributed by atoms with Gasteiger partial charge >= 0.3 is 0 Å². The van der Waals surface area contributed by atoms with Gasteiger partial charge in [-0.15, -0.1) is 0 Å². The van der Waals surface area contributed by atoms with Gasteiger partial charge in [-0.1, -0.05) is 0 Å². The molecule has 60 valence electrons. The number of hydrogen-bond acceptors (Lipinski definition) is 5. The van der Waals surface area contributed by atoms with Crippen molar-refractivity contribution in [1.82, 2.24) is 0 Å². The van der Waals surface area contributed by atoms with Gasteiger partial charge in [0.25, 0.3) is 0 Å². The van der Waals surface area contributed by atoms with Gasteiger partial charge in [0.15, 0.2) is 0 Å². The van der Waals surface area contributed by atoms with Crippen LogP contribution in [0.5, 0.6) is 0 Å². The lowest BCUT2D eigenvalue weighted by molar-refractivity contribution is -0.184. The van der Waals surface area contributed by atoms with Gasteiger partial charge in [0.05, 0.1) is 6.61 Å². The monoisotopic (exact) mass is 149 g/mol. The Balaban J connectivity index is 2.52. The molecule has 0 saturated carbocycles. The Morgan fingerprint density at radius 3 is 2.30 bits per heavy atom. The third-order valence-corrected chi connectivity index (χ3v) is 1.54. The largest absolute Gasteiger partial charge is 0.388 e. The highest BCUT2D eigenvalue weighted by Crippen LogP contribution is 2.11. The van der Waals surface area contributed by atoms with Gasteiger partial charge in [-0.3, -0.25) is 0 Å². The molecule has 1 aliphatic rings. The van der Waals surface area contributed by atoms with E-state index in [1.165, 1.54) is 0 Å². The van der Waals surface area contributed by atoms with Crippen LogP contribution in [0.3, 0.4) is 0 Å². The zero-order chi connectivity index (χ0) is 7.72. The molecule has 4 atom stereocenters. The Morgan fingerprint density at radius 1 is 1.20 bits per heavy atom. The molecule has 1 saturated heterocycles. The van der Waals surface area contributed by atoms with Crippen molar-refractivity contribution >= 4 is 0 Å². The van der Waals surface area contributed by atoms with Crippen molar-refractivity contribution in [2.45, 2.75) is 24.5 Å². The van der Waals surface area contributed by atoms with Crippen LogP contribution in [0.1, 0.15) is 0 Å². The predicted molar refractivity (Wildman–Crippen MR) is 31.9 cm³/mol. The summed E-state index contributed by atoms with van der Waals surface area (Å²) in [6.45, 7) is -0.0284. The number of aliphatic hydroxyl groups is 3. The number of hydrogen-bond donors (Lipinski definition) is 4. The van der Waals surface area contributed by atoms with E-state index in [2.05, 4.69) is 0 Å². The Bertz CT molecular complexity index is 106. The Morgan fingerprint density at radius 2 is 1.80 bits per heavy atom. The molecule has 5 heteroatoms. The van der Waals surface area contributed by atoms with Gasteiger partial charge in [0.1, 0.15) is 24.5 Å². The molecule has 0 aromatic rings. The molecule has 5 nitrogen and oxygen atoms in total. The smallest absolute Gasteiger partial charge is 0.134 e. The average Bonchev–Trinajstić information content (AvgIpc) is 1.93. The number of ether oxygens (including phenoxy) is 1. The van der Waals surface area contributed by atoms with Gasteiger partial charge in [-0.2, -0.15) is 0 Å². The standard InChI is InChI=1S/C5H11NO4/c6-5-4(9)3(8)2(7)1-10-5/h2-5,7-9H,1,6H2/t2-,3-,4+,5+/m1/s1. The van der Waals surface area contributed by atoms with E-state index in [1.54, 1.807) is 0 Å². The van der Waals surface area contributed by atoms with Gasteiger partial charge in [-0.25, -0.2) is 0 Å². The molecular weight excluding hydrogens is 138 g/mol. The minimum Gasteiger partial charge on any atom is -0.388 e. The maximum Gasteiger partial charge on any atom is 0.134 e. The first-order valence-corrected chi connectivity index (χ1v) is 3.04. The fourth-order valence-electron chi connectivity index (χ4n) is 0.829. The summed E-state index contributed by atoms with van der Waals surface area (Å²) in [4.78, 5) is 0. The third-order valence-electron chi connectivity index (χ3n) is 1.54. The van der Waals surface area contributed by atoms with E-state index in [0.29, 0.717) is 0 Å². The topological polar surface area (TPSA) is 95.9 Å². The quantitative estimate of drug-likeness (QED) is 0.302. The Kier molecular flexibility index (Phi) is 2.22. The van der Waals surface area contributed by atoms with E-state index in [1.807, 2.05) is 0 Å². The van der Waals surface area contributed by atoms with Crippen LogP contribution >= 0.6 is 0 Å². The second-order valence-corrected chi connectivity index (χ2v) is 2.35. The average molecular weight is 149 g/mol. The summed E-state index contributed by atoms with van der Waals surface area (Å²) in [5.74, 6) is 0. The Hall–Kier alpha value is -0.200. The van der Waals surface area contributed by atoms with Crippen LogP contribution in [0.4, 0.5) is 0 Å². The molecule has 0 unspecified atom stereocenters. The third kappa shape index (κ3) is 1.28. The summed E-state index contributed by atoms with van der Waals surface area (Å²) in [5.41, 5.74) is 5.19. The van der Waals surface area contributed by atoms with E-state index in [0.717, 1.165) is 0 Å². The molecule has 1 rings (SSSR count). The number of rotatable bonds is 0. The first-order valence-electron chi connectivity index (χ1n) is 3.04. The van der Waals surface area contributed by atoms with Crippen LogP contribution in [0.15, 0.2) is 0 Å². The maximum absolute atomic E-state index is 8.96. The highest BCUT2D eigenvalue weighted by atomic mass is 16.5. The van der Waals surface area contributed by atoms with Crippen molar-refractivity contribution in [1.29, 1.82) is 0 Å². The number of nitrogens with two attached hydrogens (primary N) is 1. The van der Waals surface area contributed by atoms with Crippen molar-refractivity contribution in [2.24, 2.45) is 5.73 Å². The van der Waals surface area contributed by atoms with Crippen molar-refractivity contribution in [3.8, 4) is 0 Å². The predicted octanol–water partition coefficient (Wildman–Crippen LogP) is -2.62. The van der Waals surface area contributed by atoms with Crippen LogP contribution in [-0.4, -0.2) is 46.5 Å². The van der Waals surface area contributed by atoms with E-state index in [9.17, 15) is 0 Å². The molecule has 5 N–H and O–H groups in total. The van der Waals surface area contributed by atoms with E-state index in [4.69, 9.17) is 25.8 Å². The van der Waals surface area contributed by atoms with Crippen LogP contribution in [-0.2, 0) is 4.74 Å². The van der Waals surface area contributed by atoms with Gasteiger partial charge in [0, 0.05) is 0 Å². The van der Waals surface area contributed by atoms with Crippen molar-refractivity contribution < 1.29 is 20.1 Å². The first kappa shape index (κ1) is 7.90. The fourth-order valence-corrected chi connectivity index (χ4v) is 0.829. The van der Waals surface area contributed by atoms with Crippen molar-refractivity contribution in [2.75, 3.05) is 6.61 Å². The van der Waals surface area contributed by atoms with Crippen molar-refractivity contribution in [3.05, 3.63) is 0 Å². The van der Waals surface area contributed by atoms with Crippen LogP contribution in [0.2, 0.25) is 0 Å². The number of aliphatic hydroxyl groups excluding tert-OH is 3. The molecule has 0 amide bonds. The van der Waals surface area contributed by atoms with Crippen molar-refractivity contribution in [3.63, 3.8) is 0 Å². The van der Waals surface area contributed by atoms with Gasteiger partial charge in [0.2, 0.25) is 0 Å². The molecule has 0 radical (unpaired) electrons. The second kappa shape index (κ2) is 2.81. The van der Waals surface area contributed by atoms with Crippen LogP contribution < -0.4 is 5.73 Å². The summed E-state index contributed by atoms with van der Waals surface area (Å²) in [6.07, 6.45) is -4.30. The summed E-state index contributed by atoms with van der Waals surface area (Å²) in [6, 6.07) is 0. The fraction of sp³-hybridized carbons (Fsp3) is 1.00. The summed E-state index contributed by atoms with van der Waals surface area (Å²) < 4.78 is 4.69. The highest BCUT2D eigenvalue weighted by Gasteiger charge is 2.35. The van der Waals surface area contributed by atoms with Gasteiger partial charge < -0.3 is 25.8 Å². The molecule has 0 spiro atoms. The molecule has 1 heterocycles. The second-order valence-electron chi connectivity index (χ2n) is 2.35. The van der Waals surface area contributed by atoms with Gasteiger partial charge in [-0.05, 0) is 0 Å². The minimum absolute atomic E-state index is 0.0284. The van der Waals surface area contributed by atoms with E-state index in [-0.39, 0.29) is 6.61 Å². The molecule has 1 aliphatic heterocycles. The zero-order valence-electron chi connectivity index (χ0n) is 5.34. The maximum atomic E-state index is 8.96. The normalized spacial score (nSPS) is 49.2. The SMILES string of the molecule is N[C@H]1OC[C@@H](O)[C@@H](O)[C@@H]1O. The zero-order valence-corrected chi connectivity index (χ0v) is 5.34. The molecule has 10 heavy (non-hydrogen) atoms. The summed E-state index contributed by atoms with van der Waals surface area (Å²) in [7, 11) is 0. The molecule has 0 aliphatic carbocycles. The molecule has 0 bridgehead atoms. The lowest BCUT2D eigenvalue weighted by atomic mass is 10.1. The highest BCUT2D eigenvalue weighted by molar-refractivity contribution is 4.83. The lowest BCUT2D eigenvalue weighted by Crippen LogP contribution is -2.56. The lowest BCUT2D eigenvalue weighted by Gasteiger charge is -2.32. The minimum atomic E-state index is -1.19. The van der Waals surface area contributed by atoms with Crippen LogP contribution in [0.25, 0.3) is 0 Å². The molecular formula is C5H11NO4. The van der Waals surface area contributed by atoms with E-state index >= 15 is 0 Å². The molecule has 0 aromatic heterocycles. The summed E-state index contributed by atoms with van der Waals surface area (Å²) in [5, 5.41) is 26.8. The summed E-state index contributed by atoms with van der Waals surface area (Å²) >= 11 is 0. The van der Waals surface area contributed by atoms with E-state index < -0.39 is 24.5 Å². The molecule has 0 aromatic carbocycles. The Labute approximate surface area is 58.0 Å². The van der Waals surface area contributed by atoms with Crippen LogP contribution in [0, 0.1) is 0 Å². The first-order chi connectivity index (χ1) is 4.63. The molecule has 1 fully saturated rings.